The molecule has 4 rings (SSSR count). The Morgan fingerprint density at radius 3 is 2.63 bits per heavy atom. The van der Waals surface area contributed by atoms with E-state index in [1.165, 1.54) is 0 Å². The number of likely N-dealkylation sites (tertiary alicyclic amines) is 1. The number of hydrogen-bond donors (Lipinski definition) is 0. The largest absolute Gasteiger partial charge is 0.329 e. The molecule has 1 saturated heterocycles. The van der Waals surface area contributed by atoms with Crippen LogP contribution in [0, 0.1) is 6.92 Å². The Kier molecular flexibility index (Phi) is 4.89. The van der Waals surface area contributed by atoms with E-state index in [1.807, 2.05) is 48.2 Å². The SMILES string of the molecule is Cc1nc(C(=O)N2CCCC2c2cccc(Cl)c2)nn1-c1ccc(Cl)cc1. The zero-order chi connectivity index (χ0) is 19.0. The smallest absolute Gasteiger partial charge is 0.294 e. The molecule has 1 aliphatic rings. The van der Waals surface area contributed by atoms with Gasteiger partial charge in [0.25, 0.3) is 5.91 Å². The lowest BCUT2D eigenvalue weighted by molar-refractivity contribution is 0.0723. The molecule has 5 nitrogen and oxygen atoms in total. The van der Waals surface area contributed by atoms with Crippen molar-refractivity contribution >= 4 is 29.1 Å². The molecule has 0 aliphatic carbocycles. The Bertz CT molecular complexity index is 984. The standard InChI is InChI=1S/C20H18Cl2N4O/c1-13-23-19(24-26(13)17-9-7-15(21)8-10-17)20(27)25-11-3-6-18(25)14-4-2-5-16(22)12-14/h2,4-5,7-10,12,18H,3,6,11H2,1H3. The molecular formula is C20H18Cl2N4O. The number of aromatic nitrogens is 3. The summed E-state index contributed by atoms with van der Waals surface area (Å²) in [6.45, 7) is 2.52. The Balaban J connectivity index is 1.62. The van der Waals surface area contributed by atoms with Crippen LogP contribution in [-0.4, -0.2) is 32.1 Å². The minimum Gasteiger partial charge on any atom is -0.329 e. The summed E-state index contributed by atoms with van der Waals surface area (Å²) in [5.41, 5.74) is 1.86. The third-order valence-corrected chi connectivity index (χ3v) is 5.27. The number of rotatable bonds is 3. The Hall–Kier alpha value is -2.37. The molecule has 7 heteroatoms. The summed E-state index contributed by atoms with van der Waals surface area (Å²) in [4.78, 5) is 19.3. The Morgan fingerprint density at radius 2 is 1.89 bits per heavy atom. The quantitative estimate of drug-likeness (QED) is 0.630. The van der Waals surface area contributed by atoms with Gasteiger partial charge >= 0.3 is 0 Å². The van der Waals surface area contributed by atoms with Crippen LogP contribution in [0.2, 0.25) is 10.0 Å². The molecule has 1 aromatic heterocycles. The first-order valence-corrected chi connectivity index (χ1v) is 9.54. The Labute approximate surface area is 167 Å². The van der Waals surface area contributed by atoms with E-state index in [1.54, 1.807) is 16.8 Å². The van der Waals surface area contributed by atoms with E-state index in [2.05, 4.69) is 10.1 Å². The first kappa shape index (κ1) is 18.0. The molecule has 0 spiro atoms. The van der Waals surface area contributed by atoms with Crippen molar-refractivity contribution in [1.82, 2.24) is 19.7 Å². The van der Waals surface area contributed by atoms with Gasteiger partial charge in [0.15, 0.2) is 0 Å². The lowest BCUT2D eigenvalue weighted by Gasteiger charge is -2.24. The first-order chi connectivity index (χ1) is 13.0. The van der Waals surface area contributed by atoms with Crippen LogP contribution in [0.3, 0.4) is 0 Å². The van der Waals surface area contributed by atoms with Gasteiger partial charge in [-0.1, -0.05) is 35.3 Å². The molecule has 1 aliphatic heterocycles. The second-order valence-corrected chi connectivity index (χ2v) is 7.46. The maximum absolute atomic E-state index is 13.1. The van der Waals surface area contributed by atoms with Crippen LogP contribution in [0.15, 0.2) is 48.5 Å². The summed E-state index contributed by atoms with van der Waals surface area (Å²) in [5.74, 6) is 0.698. The molecule has 27 heavy (non-hydrogen) atoms. The predicted molar refractivity (Wildman–Crippen MR) is 106 cm³/mol. The summed E-state index contributed by atoms with van der Waals surface area (Å²) < 4.78 is 1.66. The highest BCUT2D eigenvalue weighted by atomic mass is 35.5. The van der Waals surface area contributed by atoms with Crippen LogP contribution in [0.25, 0.3) is 5.69 Å². The molecule has 0 radical (unpaired) electrons. The summed E-state index contributed by atoms with van der Waals surface area (Å²) in [6, 6.07) is 15.0. The van der Waals surface area contributed by atoms with Gasteiger partial charge < -0.3 is 4.90 Å². The molecular weight excluding hydrogens is 383 g/mol. The summed E-state index contributed by atoms with van der Waals surface area (Å²) in [6.07, 6.45) is 1.85. The van der Waals surface area contributed by atoms with Gasteiger partial charge in [-0.05, 0) is 61.7 Å². The minimum atomic E-state index is -0.159. The average molecular weight is 401 g/mol. The molecule has 1 fully saturated rings. The van der Waals surface area contributed by atoms with Crippen molar-refractivity contribution in [3.63, 3.8) is 0 Å². The number of hydrogen-bond acceptors (Lipinski definition) is 3. The van der Waals surface area contributed by atoms with Crippen LogP contribution in [-0.2, 0) is 0 Å². The fourth-order valence-electron chi connectivity index (χ4n) is 3.51. The van der Waals surface area contributed by atoms with Crippen molar-refractivity contribution in [1.29, 1.82) is 0 Å². The van der Waals surface area contributed by atoms with Gasteiger partial charge in [0.05, 0.1) is 11.7 Å². The van der Waals surface area contributed by atoms with Crippen molar-refractivity contribution in [3.05, 3.63) is 75.8 Å². The zero-order valence-electron chi connectivity index (χ0n) is 14.8. The van der Waals surface area contributed by atoms with Crippen molar-refractivity contribution in [2.75, 3.05) is 6.54 Å². The fraction of sp³-hybridized carbons (Fsp3) is 0.250. The maximum atomic E-state index is 13.1. The van der Waals surface area contributed by atoms with Crippen LogP contribution in [0.5, 0.6) is 0 Å². The van der Waals surface area contributed by atoms with Crippen LogP contribution in [0.1, 0.15) is 40.9 Å². The highest BCUT2D eigenvalue weighted by Gasteiger charge is 2.33. The van der Waals surface area contributed by atoms with E-state index in [9.17, 15) is 4.79 Å². The number of benzene rings is 2. The molecule has 0 bridgehead atoms. The van der Waals surface area contributed by atoms with Gasteiger partial charge in [0.1, 0.15) is 5.82 Å². The van der Waals surface area contributed by atoms with Crippen LogP contribution >= 0.6 is 23.2 Å². The van der Waals surface area contributed by atoms with Gasteiger partial charge in [-0.3, -0.25) is 4.79 Å². The van der Waals surface area contributed by atoms with Gasteiger partial charge in [-0.2, -0.15) is 0 Å². The number of nitrogens with zero attached hydrogens (tertiary/aromatic N) is 4. The van der Waals surface area contributed by atoms with Crippen molar-refractivity contribution in [3.8, 4) is 5.69 Å². The van der Waals surface area contributed by atoms with Crippen molar-refractivity contribution in [2.45, 2.75) is 25.8 Å². The summed E-state index contributed by atoms with van der Waals surface area (Å²) in [5, 5.41) is 5.77. The molecule has 3 aromatic rings. The van der Waals surface area contributed by atoms with Crippen molar-refractivity contribution < 1.29 is 4.79 Å². The monoisotopic (exact) mass is 400 g/mol. The van der Waals surface area contributed by atoms with E-state index in [4.69, 9.17) is 23.2 Å². The van der Waals surface area contributed by atoms with Gasteiger partial charge in [-0.25, -0.2) is 9.67 Å². The lowest BCUT2D eigenvalue weighted by atomic mass is 10.0. The highest BCUT2D eigenvalue weighted by Crippen LogP contribution is 2.33. The molecule has 0 N–H and O–H groups in total. The topological polar surface area (TPSA) is 51.0 Å². The second kappa shape index (κ2) is 7.33. The maximum Gasteiger partial charge on any atom is 0.294 e. The van der Waals surface area contributed by atoms with Gasteiger partial charge in [0, 0.05) is 16.6 Å². The predicted octanol–water partition coefficient (Wildman–Crippen LogP) is 4.86. The number of carbonyl (C=O) groups excluding carboxylic acids is 1. The molecule has 2 aromatic carbocycles. The van der Waals surface area contributed by atoms with Crippen LogP contribution in [0.4, 0.5) is 0 Å². The summed E-state index contributed by atoms with van der Waals surface area (Å²) >= 11 is 12.1. The number of amides is 1. The molecule has 1 unspecified atom stereocenters. The fourth-order valence-corrected chi connectivity index (χ4v) is 3.83. The first-order valence-electron chi connectivity index (χ1n) is 8.79. The van der Waals surface area contributed by atoms with E-state index in [0.717, 1.165) is 24.1 Å². The van der Waals surface area contributed by atoms with E-state index < -0.39 is 0 Å². The lowest BCUT2D eigenvalue weighted by Crippen LogP contribution is -2.31. The number of aryl methyl sites for hydroxylation is 1. The summed E-state index contributed by atoms with van der Waals surface area (Å²) in [7, 11) is 0. The molecule has 2 heterocycles. The highest BCUT2D eigenvalue weighted by molar-refractivity contribution is 6.30. The molecule has 0 saturated carbocycles. The van der Waals surface area contributed by atoms with Gasteiger partial charge in [0.2, 0.25) is 5.82 Å². The van der Waals surface area contributed by atoms with E-state index in [-0.39, 0.29) is 17.8 Å². The van der Waals surface area contributed by atoms with E-state index in [0.29, 0.717) is 22.4 Å². The average Bonchev–Trinajstić information content (AvgIpc) is 3.29. The third kappa shape index (κ3) is 3.57. The normalized spacial score (nSPS) is 16.7. The molecule has 138 valence electrons. The van der Waals surface area contributed by atoms with Crippen LogP contribution < -0.4 is 0 Å². The van der Waals surface area contributed by atoms with E-state index >= 15 is 0 Å². The molecule has 1 atom stereocenters. The Morgan fingerprint density at radius 1 is 1.11 bits per heavy atom. The van der Waals surface area contributed by atoms with Crippen molar-refractivity contribution in [2.24, 2.45) is 0 Å². The minimum absolute atomic E-state index is 0.000937. The molecule has 1 amide bonds. The zero-order valence-corrected chi connectivity index (χ0v) is 16.3. The number of carbonyl (C=O) groups is 1. The van der Waals surface area contributed by atoms with Gasteiger partial charge in [-0.15, -0.1) is 5.10 Å². The second-order valence-electron chi connectivity index (χ2n) is 6.58. The number of halogens is 2. The third-order valence-electron chi connectivity index (χ3n) is 4.78.